The molecule has 4 nitrogen and oxygen atoms in total. The van der Waals surface area contributed by atoms with Crippen LogP contribution in [0, 0.1) is 0 Å². The molecule has 1 heterocycles. The van der Waals surface area contributed by atoms with Crippen molar-refractivity contribution in [2.24, 2.45) is 0 Å². The smallest absolute Gasteiger partial charge is 0.335 e. The van der Waals surface area contributed by atoms with Crippen LogP contribution in [0.15, 0.2) is 18.2 Å². The van der Waals surface area contributed by atoms with Crippen molar-refractivity contribution < 1.29 is 15.0 Å². The molecule has 1 aliphatic carbocycles. The summed E-state index contributed by atoms with van der Waals surface area (Å²) in [7, 11) is 0. The van der Waals surface area contributed by atoms with Crippen molar-refractivity contribution in [3.8, 4) is 0 Å². The van der Waals surface area contributed by atoms with Crippen molar-refractivity contribution in [2.45, 2.75) is 25.8 Å². The second-order valence-corrected chi connectivity index (χ2v) is 4.69. The quantitative estimate of drug-likeness (QED) is 0.867. The molecule has 0 aliphatic heterocycles. The summed E-state index contributed by atoms with van der Waals surface area (Å²) in [4.78, 5) is 11.0. The highest BCUT2D eigenvalue weighted by atomic mass is 16.4. The summed E-state index contributed by atoms with van der Waals surface area (Å²) in [5.74, 6) is -0.890. The minimum atomic E-state index is -0.890. The largest absolute Gasteiger partial charge is 0.478 e. The first kappa shape index (κ1) is 11.3. The van der Waals surface area contributed by atoms with Crippen LogP contribution >= 0.6 is 0 Å². The van der Waals surface area contributed by atoms with Crippen LogP contribution in [0.2, 0.25) is 0 Å². The number of rotatable bonds is 3. The Morgan fingerprint density at radius 2 is 2.17 bits per heavy atom. The zero-order chi connectivity index (χ0) is 12.7. The normalized spacial score (nSPS) is 14.1. The van der Waals surface area contributed by atoms with Gasteiger partial charge in [0.15, 0.2) is 0 Å². The van der Waals surface area contributed by atoms with E-state index in [4.69, 9.17) is 10.2 Å². The number of hydrogen-bond acceptors (Lipinski definition) is 2. The van der Waals surface area contributed by atoms with Gasteiger partial charge in [-0.2, -0.15) is 0 Å². The third-order valence-electron chi connectivity index (χ3n) is 3.70. The van der Waals surface area contributed by atoms with Gasteiger partial charge >= 0.3 is 5.97 Å². The Bertz CT molecular complexity index is 627. The van der Waals surface area contributed by atoms with Crippen molar-refractivity contribution in [1.82, 2.24) is 4.57 Å². The predicted molar refractivity (Wildman–Crippen MR) is 68.0 cm³/mol. The molecule has 2 N–H and O–H groups in total. The Labute approximate surface area is 104 Å². The molecule has 18 heavy (non-hydrogen) atoms. The Kier molecular flexibility index (Phi) is 2.59. The van der Waals surface area contributed by atoms with Gasteiger partial charge in [0.05, 0.1) is 12.2 Å². The predicted octanol–water partition coefficient (Wildman–Crippen LogP) is 1.82. The molecule has 1 aromatic carbocycles. The van der Waals surface area contributed by atoms with E-state index in [9.17, 15) is 4.79 Å². The van der Waals surface area contributed by atoms with E-state index in [1.54, 1.807) is 12.1 Å². The van der Waals surface area contributed by atoms with Gasteiger partial charge in [0.25, 0.3) is 0 Å². The number of aliphatic hydroxyl groups is 1. The lowest BCUT2D eigenvalue weighted by Crippen LogP contribution is -2.05. The molecule has 0 atom stereocenters. The molecule has 0 saturated carbocycles. The highest BCUT2D eigenvalue weighted by molar-refractivity contribution is 5.95. The van der Waals surface area contributed by atoms with E-state index in [1.165, 1.54) is 11.3 Å². The number of hydrogen-bond donors (Lipinski definition) is 2. The summed E-state index contributed by atoms with van der Waals surface area (Å²) in [5.41, 5.74) is 3.90. The van der Waals surface area contributed by atoms with E-state index in [0.717, 1.165) is 30.2 Å². The molecule has 1 aromatic heterocycles. The summed E-state index contributed by atoms with van der Waals surface area (Å²) >= 11 is 0. The fourth-order valence-corrected chi connectivity index (χ4v) is 2.96. The summed E-state index contributed by atoms with van der Waals surface area (Å²) < 4.78 is 2.13. The molecular weight excluding hydrogens is 230 g/mol. The highest BCUT2D eigenvalue weighted by Crippen LogP contribution is 2.33. The zero-order valence-electron chi connectivity index (χ0n) is 10.0. The Morgan fingerprint density at radius 3 is 2.89 bits per heavy atom. The van der Waals surface area contributed by atoms with E-state index in [0.29, 0.717) is 12.1 Å². The topological polar surface area (TPSA) is 62.5 Å². The van der Waals surface area contributed by atoms with Crippen LogP contribution in [-0.4, -0.2) is 27.4 Å². The number of benzene rings is 1. The van der Waals surface area contributed by atoms with Crippen molar-refractivity contribution in [2.75, 3.05) is 6.61 Å². The van der Waals surface area contributed by atoms with E-state index in [1.807, 2.05) is 6.07 Å². The standard InChI is InChI=1S/C14H15NO3/c16-7-6-15-12-3-1-2-10(12)11-8-9(14(17)18)4-5-13(11)15/h4-5,8,16H,1-3,6-7H2,(H,17,18). The molecule has 1 aliphatic rings. The van der Waals surface area contributed by atoms with Crippen LogP contribution in [0.5, 0.6) is 0 Å². The Hall–Kier alpha value is -1.81. The fourth-order valence-electron chi connectivity index (χ4n) is 2.96. The molecule has 0 saturated heterocycles. The number of carbonyl (C=O) groups is 1. The molecule has 4 heteroatoms. The number of aliphatic hydroxyl groups excluding tert-OH is 1. The van der Waals surface area contributed by atoms with Gasteiger partial charge in [0, 0.05) is 23.1 Å². The van der Waals surface area contributed by atoms with Crippen molar-refractivity contribution in [1.29, 1.82) is 0 Å². The lowest BCUT2D eigenvalue weighted by Gasteiger charge is -2.07. The molecule has 2 aromatic rings. The second kappa shape index (κ2) is 4.14. The second-order valence-electron chi connectivity index (χ2n) is 4.69. The lowest BCUT2D eigenvalue weighted by atomic mass is 10.1. The first-order valence-electron chi connectivity index (χ1n) is 6.20. The van der Waals surface area contributed by atoms with E-state index < -0.39 is 5.97 Å². The van der Waals surface area contributed by atoms with Gasteiger partial charge in [-0.1, -0.05) is 0 Å². The average molecular weight is 245 g/mol. The number of carboxylic acids is 1. The zero-order valence-corrected chi connectivity index (χ0v) is 10.0. The van der Waals surface area contributed by atoms with Gasteiger partial charge < -0.3 is 14.8 Å². The SMILES string of the molecule is O=C(O)c1ccc2c(c1)c1c(n2CCO)CCC1. The van der Waals surface area contributed by atoms with Crippen LogP contribution in [-0.2, 0) is 19.4 Å². The molecule has 0 radical (unpaired) electrons. The number of fused-ring (bicyclic) bond motifs is 3. The summed E-state index contributed by atoms with van der Waals surface area (Å²) in [6, 6.07) is 5.25. The van der Waals surface area contributed by atoms with Gasteiger partial charge in [0.1, 0.15) is 0 Å². The van der Waals surface area contributed by atoms with Gasteiger partial charge in [-0.25, -0.2) is 4.79 Å². The van der Waals surface area contributed by atoms with Crippen LogP contribution in [0.3, 0.4) is 0 Å². The molecule has 3 rings (SSSR count). The molecule has 0 spiro atoms. The van der Waals surface area contributed by atoms with Crippen molar-refractivity contribution in [3.63, 3.8) is 0 Å². The molecule has 0 unspecified atom stereocenters. The van der Waals surface area contributed by atoms with Gasteiger partial charge in [-0.15, -0.1) is 0 Å². The monoisotopic (exact) mass is 245 g/mol. The summed E-state index contributed by atoms with van der Waals surface area (Å²) in [6.07, 6.45) is 3.14. The number of aryl methyl sites for hydroxylation is 1. The number of aromatic nitrogens is 1. The molecule has 0 amide bonds. The molecule has 0 fully saturated rings. The van der Waals surface area contributed by atoms with Crippen LogP contribution in [0.1, 0.15) is 28.0 Å². The van der Waals surface area contributed by atoms with E-state index in [2.05, 4.69) is 4.57 Å². The third-order valence-corrected chi connectivity index (χ3v) is 3.70. The minimum Gasteiger partial charge on any atom is -0.478 e. The van der Waals surface area contributed by atoms with Crippen molar-refractivity contribution >= 4 is 16.9 Å². The highest BCUT2D eigenvalue weighted by Gasteiger charge is 2.21. The van der Waals surface area contributed by atoms with Crippen LogP contribution in [0.25, 0.3) is 10.9 Å². The Morgan fingerprint density at radius 1 is 1.33 bits per heavy atom. The fraction of sp³-hybridized carbons (Fsp3) is 0.357. The van der Waals surface area contributed by atoms with Crippen molar-refractivity contribution in [3.05, 3.63) is 35.0 Å². The Balaban J connectivity index is 2.27. The third kappa shape index (κ3) is 1.53. The van der Waals surface area contributed by atoms with Crippen LogP contribution in [0.4, 0.5) is 0 Å². The number of carboxylic acid groups (broad SMARTS) is 1. The maximum absolute atomic E-state index is 11.0. The maximum Gasteiger partial charge on any atom is 0.335 e. The van der Waals surface area contributed by atoms with Gasteiger partial charge in [0.2, 0.25) is 0 Å². The van der Waals surface area contributed by atoms with Gasteiger partial charge in [-0.05, 0) is 43.0 Å². The number of nitrogens with zero attached hydrogens (tertiary/aromatic N) is 1. The summed E-state index contributed by atoms with van der Waals surface area (Å²) in [6.45, 7) is 0.690. The molecule has 0 bridgehead atoms. The molecular formula is C14H15NO3. The first-order chi connectivity index (χ1) is 8.72. The average Bonchev–Trinajstić information content (AvgIpc) is 2.92. The first-order valence-corrected chi connectivity index (χ1v) is 6.20. The van der Waals surface area contributed by atoms with Crippen LogP contribution < -0.4 is 0 Å². The number of aromatic carboxylic acids is 1. The summed E-state index contributed by atoms with van der Waals surface area (Å²) in [5, 5.41) is 19.3. The van der Waals surface area contributed by atoms with Gasteiger partial charge in [-0.3, -0.25) is 0 Å². The molecule has 94 valence electrons. The van der Waals surface area contributed by atoms with E-state index in [-0.39, 0.29) is 6.61 Å². The van der Waals surface area contributed by atoms with E-state index >= 15 is 0 Å². The minimum absolute atomic E-state index is 0.108. The maximum atomic E-state index is 11.0. The lowest BCUT2D eigenvalue weighted by molar-refractivity contribution is 0.0697.